The molecule has 1 aliphatic heterocycles. The minimum absolute atomic E-state index is 0.0598. The van der Waals surface area contributed by atoms with Gasteiger partial charge in [-0.25, -0.2) is 0 Å². The Morgan fingerprint density at radius 2 is 0.955 bits per heavy atom. The normalized spacial score (nSPS) is 38.2. The predicted octanol–water partition coefficient (Wildman–Crippen LogP) is 10.1. The summed E-state index contributed by atoms with van der Waals surface area (Å²) >= 11 is 0. The Bertz CT molecular complexity index is 1370. The van der Waals surface area contributed by atoms with Crippen LogP contribution in [0.5, 0.6) is 11.5 Å². The van der Waals surface area contributed by atoms with E-state index in [-0.39, 0.29) is 69.7 Å². The molecule has 1 saturated heterocycles. The Hall–Kier alpha value is -2.04. The summed E-state index contributed by atoms with van der Waals surface area (Å²) in [6.07, 6.45) is 6.31. The zero-order valence-corrected chi connectivity index (χ0v) is 28.9. The third-order valence-corrected chi connectivity index (χ3v) is 13.4. The Morgan fingerprint density at radius 3 is 1.30 bits per heavy atom. The minimum Gasteiger partial charge on any atom is -0.508 e. The van der Waals surface area contributed by atoms with E-state index in [9.17, 15) is 10.2 Å². The Balaban J connectivity index is 1.47. The topological polar surface area (TPSA) is 58.9 Å². The molecule has 2 aromatic carbocycles. The molecular formula is C40H56O4. The quantitative estimate of drug-likeness (QED) is 0.360. The maximum absolute atomic E-state index is 11.3. The molecule has 0 spiro atoms. The standard InChI is InChI=1S/C40H56O4/c1-21(2)23-17-25-27(19-29(23)41)39(9)15-11-13-37(5,6)35(39)33-31(25)43-34-32(44-33)26-18-24(22(3)4)30(42)20-28(26)40(10)16-12-14-38(7,8)36(34)40/h17-22,31-36,41-42H,11-16H2,1-10H3/t31-,32-,33-,34+,35-,36+,39+,40-/m1/s1. The first kappa shape index (κ1) is 30.6. The number of rotatable bonds is 2. The first-order valence-corrected chi connectivity index (χ1v) is 17.6. The van der Waals surface area contributed by atoms with Crippen LogP contribution in [0.3, 0.4) is 0 Å². The van der Waals surface area contributed by atoms with E-state index in [0.29, 0.717) is 11.5 Å². The van der Waals surface area contributed by atoms with Gasteiger partial charge < -0.3 is 19.7 Å². The van der Waals surface area contributed by atoms with Crippen molar-refractivity contribution in [2.24, 2.45) is 22.7 Å². The van der Waals surface area contributed by atoms with Gasteiger partial charge in [0, 0.05) is 11.8 Å². The van der Waals surface area contributed by atoms with Crippen molar-refractivity contribution in [3.05, 3.63) is 57.6 Å². The van der Waals surface area contributed by atoms with E-state index in [1.54, 1.807) is 0 Å². The Labute approximate surface area is 265 Å². The largest absolute Gasteiger partial charge is 0.508 e. The molecule has 5 aliphatic rings. The summed E-state index contributed by atoms with van der Waals surface area (Å²) in [6, 6.07) is 8.76. The van der Waals surface area contributed by atoms with Crippen molar-refractivity contribution in [2.75, 3.05) is 0 Å². The van der Waals surface area contributed by atoms with Crippen LogP contribution >= 0.6 is 0 Å². The van der Waals surface area contributed by atoms with E-state index in [4.69, 9.17) is 9.47 Å². The molecule has 1 heterocycles. The van der Waals surface area contributed by atoms with Gasteiger partial charge >= 0.3 is 0 Å². The zero-order chi connectivity index (χ0) is 31.7. The molecule has 0 bridgehead atoms. The fourth-order valence-corrected chi connectivity index (χ4v) is 11.7. The molecule has 2 aromatic rings. The van der Waals surface area contributed by atoms with Crippen molar-refractivity contribution in [2.45, 2.75) is 155 Å². The number of phenolic OH excluding ortho intramolecular Hbond substituents is 2. The smallest absolute Gasteiger partial charge is 0.119 e. The monoisotopic (exact) mass is 600 g/mol. The van der Waals surface area contributed by atoms with E-state index in [2.05, 4.69) is 93.5 Å². The molecule has 3 fully saturated rings. The van der Waals surface area contributed by atoms with E-state index in [1.165, 1.54) is 35.1 Å². The summed E-state index contributed by atoms with van der Waals surface area (Å²) in [5, 5.41) is 22.6. The number of benzene rings is 2. The van der Waals surface area contributed by atoms with E-state index in [0.717, 1.165) is 36.8 Å². The van der Waals surface area contributed by atoms with Crippen molar-refractivity contribution >= 4 is 0 Å². The van der Waals surface area contributed by atoms with E-state index < -0.39 is 0 Å². The molecular weight excluding hydrogens is 544 g/mol. The van der Waals surface area contributed by atoms with Gasteiger partial charge in [-0.1, -0.05) is 82.1 Å². The first-order chi connectivity index (χ1) is 20.5. The van der Waals surface area contributed by atoms with Crippen LogP contribution in [0.2, 0.25) is 0 Å². The fourth-order valence-electron chi connectivity index (χ4n) is 11.7. The summed E-state index contributed by atoms with van der Waals surface area (Å²) in [5.41, 5.74) is 6.91. The Kier molecular flexibility index (Phi) is 6.77. The van der Waals surface area contributed by atoms with Gasteiger partial charge in [0.1, 0.15) is 23.7 Å². The van der Waals surface area contributed by atoms with Gasteiger partial charge in [-0.2, -0.15) is 0 Å². The van der Waals surface area contributed by atoms with Crippen LogP contribution in [0.1, 0.15) is 165 Å². The van der Waals surface area contributed by atoms with Gasteiger partial charge in [0.15, 0.2) is 0 Å². The molecule has 2 saturated carbocycles. The maximum atomic E-state index is 11.3. The molecule has 240 valence electrons. The lowest BCUT2D eigenvalue weighted by Gasteiger charge is -2.65. The second-order valence-corrected chi connectivity index (χ2v) is 17.8. The van der Waals surface area contributed by atoms with Crippen molar-refractivity contribution in [1.82, 2.24) is 0 Å². The van der Waals surface area contributed by atoms with Gasteiger partial charge in [0.25, 0.3) is 0 Å². The van der Waals surface area contributed by atoms with Crippen molar-refractivity contribution in [1.29, 1.82) is 0 Å². The first-order valence-electron chi connectivity index (χ1n) is 17.6. The lowest BCUT2D eigenvalue weighted by atomic mass is 9.47. The summed E-state index contributed by atoms with van der Waals surface area (Å²) in [6.45, 7) is 23.3. The summed E-state index contributed by atoms with van der Waals surface area (Å²) in [4.78, 5) is 0. The van der Waals surface area contributed by atoms with Crippen LogP contribution in [0.4, 0.5) is 0 Å². The molecule has 0 radical (unpaired) electrons. The number of hydrogen-bond acceptors (Lipinski definition) is 4. The molecule has 0 aromatic heterocycles. The third-order valence-electron chi connectivity index (χ3n) is 13.4. The molecule has 4 heteroatoms. The number of ether oxygens (including phenoxy) is 2. The van der Waals surface area contributed by atoms with Crippen LogP contribution < -0.4 is 0 Å². The SMILES string of the molecule is CC(C)c1cc2c(cc1O)[C@]1(C)CCCC(C)(C)[C@H]1[C@@H]1O[C@@H]3c4cc(C(C)C)c(O)cc4[C@@]4(C)CCCC(C)(C)[C@@H]4[C@H]3O[C@H]21. The molecule has 2 N–H and O–H groups in total. The molecule has 0 amide bonds. The average molecular weight is 601 g/mol. The van der Waals surface area contributed by atoms with Crippen LogP contribution in [0.15, 0.2) is 24.3 Å². The predicted molar refractivity (Wildman–Crippen MR) is 177 cm³/mol. The molecule has 44 heavy (non-hydrogen) atoms. The van der Waals surface area contributed by atoms with Crippen molar-refractivity contribution in [3.63, 3.8) is 0 Å². The van der Waals surface area contributed by atoms with Gasteiger partial charge in [0.2, 0.25) is 0 Å². The maximum Gasteiger partial charge on any atom is 0.119 e. The molecule has 4 nitrogen and oxygen atoms in total. The number of phenols is 2. The highest BCUT2D eigenvalue weighted by molar-refractivity contribution is 5.53. The average Bonchev–Trinajstić information content (AvgIpc) is 2.91. The van der Waals surface area contributed by atoms with E-state index >= 15 is 0 Å². The van der Waals surface area contributed by atoms with Crippen molar-refractivity contribution < 1.29 is 19.7 Å². The highest BCUT2D eigenvalue weighted by Crippen LogP contribution is 2.68. The lowest BCUT2D eigenvalue weighted by molar-refractivity contribution is -0.296. The molecule has 7 rings (SSSR count). The van der Waals surface area contributed by atoms with Crippen LogP contribution in [0.25, 0.3) is 0 Å². The molecule has 0 unspecified atom stereocenters. The highest BCUT2D eigenvalue weighted by Gasteiger charge is 2.65. The second-order valence-electron chi connectivity index (χ2n) is 17.8. The number of hydrogen-bond donors (Lipinski definition) is 2. The van der Waals surface area contributed by atoms with Gasteiger partial charge in [-0.3, -0.25) is 0 Å². The minimum atomic E-state index is -0.176. The van der Waals surface area contributed by atoms with Crippen LogP contribution in [-0.2, 0) is 20.3 Å². The lowest BCUT2D eigenvalue weighted by Crippen LogP contribution is -2.64. The highest BCUT2D eigenvalue weighted by atomic mass is 16.6. The molecule has 4 aliphatic carbocycles. The Morgan fingerprint density at radius 1 is 0.591 bits per heavy atom. The van der Waals surface area contributed by atoms with Gasteiger partial charge in [-0.15, -0.1) is 0 Å². The summed E-state index contributed by atoms with van der Waals surface area (Å²) in [5.74, 6) is 1.78. The van der Waals surface area contributed by atoms with Gasteiger partial charge in [0.05, 0.1) is 12.2 Å². The second kappa shape index (κ2) is 9.74. The number of fused-ring (bicyclic) bond motifs is 12. The number of aromatic hydroxyl groups is 2. The van der Waals surface area contributed by atoms with Gasteiger partial charge in [-0.05, 0) is 117 Å². The van der Waals surface area contributed by atoms with Crippen LogP contribution in [0, 0.1) is 22.7 Å². The summed E-state index contributed by atoms with van der Waals surface area (Å²) < 4.78 is 15.3. The van der Waals surface area contributed by atoms with E-state index in [1.807, 2.05) is 0 Å². The third kappa shape index (κ3) is 4.08. The summed E-state index contributed by atoms with van der Waals surface area (Å²) in [7, 11) is 0. The zero-order valence-electron chi connectivity index (χ0n) is 28.9. The molecule has 8 atom stereocenters. The fraction of sp³-hybridized carbons (Fsp3) is 0.700. The van der Waals surface area contributed by atoms with Crippen LogP contribution in [-0.4, -0.2) is 22.4 Å². The van der Waals surface area contributed by atoms with Crippen molar-refractivity contribution in [3.8, 4) is 11.5 Å².